The second-order valence-electron chi connectivity index (χ2n) is 3.00. The number of halogens is 1. The summed E-state index contributed by atoms with van der Waals surface area (Å²) in [7, 11) is 5.76. The van der Waals surface area contributed by atoms with E-state index in [1.807, 2.05) is 0 Å². The van der Waals surface area contributed by atoms with E-state index in [-0.39, 0.29) is 11.3 Å². The van der Waals surface area contributed by atoms with Crippen molar-refractivity contribution in [3.05, 3.63) is 23.5 Å². The first-order valence-corrected chi connectivity index (χ1v) is 4.65. The van der Waals surface area contributed by atoms with Crippen molar-refractivity contribution >= 4 is 0 Å². The van der Waals surface area contributed by atoms with Crippen LogP contribution in [0.2, 0.25) is 0 Å². The fourth-order valence-electron chi connectivity index (χ4n) is 1.48. The summed E-state index contributed by atoms with van der Waals surface area (Å²) in [4.78, 5) is 0. The highest BCUT2D eigenvalue weighted by Crippen LogP contribution is 2.37. The molecule has 0 radical (unpaired) electrons. The van der Waals surface area contributed by atoms with Gasteiger partial charge in [-0.2, -0.15) is 0 Å². The lowest BCUT2D eigenvalue weighted by Gasteiger charge is -2.19. The molecule has 0 N–H and O–H groups in total. The van der Waals surface area contributed by atoms with Gasteiger partial charge in [-0.3, -0.25) is 0 Å². The van der Waals surface area contributed by atoms with Crippen molar-refractivity contribution in [2.45, 2.75) is 6.29 Å². The Hall–Kier alpha value is -1.33. The molecule has 16 heavy (non-hydrogen) atoms. The van der Waals surface area contributed by atoms with Crippen molar-refractivity contribution in [1.29, 1.82) is 0 Å². The molecule has 1 aromatic rings. The molecule has 0 bridgehead atoms. The predicted octanol–water partition coefficient (Wildman–Crippen LogP) is 2.13. The summed E-state index contributed by atoms with van der Waals surface area (Å²) in [5, 5.41) is 0. The van der Waals surface area contributed by atoms with Crippen molar-refractivity contribution in [2.24, 2.45) is 0 Å². The Morgan fingerprint density at radius 1 is 1.00 bits per heavy atom. The van der Waals surface area contributed by atoms with Gasteiger partial charge in [0.1, 0.15) is 5.82 Å². The smallest absolute Gasteiger partial charge is 0.189 e. The first kappa shape index (κ1) is 12.7. The molecule has 0 aliphatic heterocycles. The highest BCUT2D eigenvalue weighted by atomic mass is 19.1. The van der Waals surface area contributed by atoms with E-state index in [1.165, 1.54) is 40.6 Å². The lowest BCUT2D eigenvalue weighted by atomic mass is 10.1. The number of benzene rings is 1. The van der Waals surface area contributed by atoms with Crippen molar-refractivity contribution in [3.8, 4) is 11.5 Å². The van der Waals surface area contributed by atoms with E-state index in [0.29, 0.717) is 5.75 Å². The Labute approximate surface area is 93.9 Å². The molecule has 1 aromatic carbocycles. The Kier molecular flexibility index (Phi) is 4.52. The summed E-state index contributed by atoms with van der Waals surface area (Å²) >= 11 is 0. The van der Waals surface area contributed by atoms with Gasteiger partial charge in [0.2, 0.25) is 0 Å². The Morgan fingerprint density at radius 3 is 2.06 bits per heavy atom. The fourth-order valence-corrected chi connectivity index (χ4v) is 1.48. The molecule has 1 rings (SSSR count). The van der Waals surface area contributed by atoms with Crippen LogP contribution in [-0.4, -0.2) is 28.4 Å². The van der Waals surface area contributed by atoms with Crippen molar-refractivity contribution in [3.63, 3.8) is 0 Å². The van der Waals surface area contributed by atoms with E-state index in [2.05, 4.69) is 0 Å². The van der Waals surface area contributed by atoms with Crippen LogP contribution in [0.4, 0.5) is 4.39 Å². The number of hydrogen-bond donors (Lipinski definition) is 0. The van der Waals surface area contributed by atoms with Gasteiger partial charge in [-0.1, -0.05) is 0 Å². The van der Waals surface area contributed by atoms with Crippen LogP contribution in [-0.2, 0) is 9.47 Å². The van der Waals surface area contributed by atoms with Gasteiger partial charge in [0.15, 0.2) is 17.8 Å². The predicted molar refractivity (Wildman–Crippen MR) is 56.3 cm³/mol. The van der Waals surface area contributed by atoms with Gasteiger partial charge < -0.3 is 18.9 Å². The highest BCUT2D eigenvalue weighted by molar-refractivity contribution is 5.48. The molecule has 0 saturated heterocycles. The summed E-state index contributed by atoms with van der Waals surface area (Å²) < 4.78 is 33.9. The third-order valence-electron chi connectivity index (χ3n) is 2.19. The van der Waals surface area contributed by atoms with Crippen LogP contribution in [0.25, 0.3) is 0 Å². The van der Waals surface area contributed by atoms with Gasteiger partial charge in [-0.05, 0) is 12.1 Å². The fraction of sp³-hybridized carbons (Fsp3) is 0.455. The topological polar surface area (TPSA) is 36.9 Å². The van der Waals surface area contributed by atoms with E-state index in [0.717, 1.165) is 0 Å². The van der Waals surface area contributed by atoms with Crippen LogP contribution < -0.4 is 9.47 Å². The highest BCUT2D eigenvalue weighted by Gasteiger charge is 2.23. The molecule has 0 fully saturated rings. The van der Waals surface area contributed by atoms with Crippen LogP contribution in [0.1, 0.15) is 11.9 Å². The van der Waals surface area contributed by atoms with Crippen LogP contribution >= 0.6 is 0 Å². The monoisotopic (exact) mass is 230 g/mol. The summed E-state index contributed by atoms with van der Waals surface area (Å²) in [6.07, 6.45) is -0.829. The Balaban J connectivity index is 3.32. The maximum Gasteiger partial charge on any atom is 0.189 e. The minimum atomic E-state index is -0.829. The molecule has 0 saturated carbocycles. The summed E-state index contributed by atoms with van der Waals surface area (Å²) in [5.41, 5.74) is 0.187. The molecule has 4 nitrogen and oxygen atoms in total. The molecule has 0 unspecified atom stereocenters. The van der Waals surface area contributed by atoms with Crippen LogP contribution in [0, 0.1) is 5.82 Å². The first-order chi connectivity index (χ1) is 7.69. The number of hydrogen-bond acceptors (Lipinski definition) is 4. The zero-order valence-corrected chi connectivity index (χ0v) is 9.74. The van der Waals surface area contributed by atoms with Gasteiger partial charge in [-0.15, -0.1) is 0 Å². The molecule has 90 valence electrons. The quantitative estimate of drug-likeness (QED) is 0.726. The summed E-state index contributed by atoms with van der Waals surface area (Å²) in [6, 6.07) is 2.77. The molecule has 0 aliphatic carbocycles. The van der Waals surface area contributed by atoms with Gasteiger partial charge >= 0.3 is 0 Å². The lowest BCUT2D eigenvalue weighted by molar-refractivity contribution is -0.109. The number of rotatable bonds is 5. The molecule has 0 atom stereocenters. The van der Waals surface area contributed by atoms with Crippen molar-refractivity contribution < 1.29 is 23.3 Å². The van der Waals surface area contributed by atoms with E-state index in [4.69, 9.17) is 18.9 Å². The standard InChI is InChI=1S/C11H15FO4/c1-13-8-6-5-7(12)9(10(8)14-2)11(15-3)16-4/h5-6,11H,1-4H3. The molecule has 0 amide bonds. The number of methoxy groups -OCH3 is 4. The molecule has 5 heteroatoms. The average Bonchev–Trinajstić information content (AvgIpc) is 2.32. The summed E-state index contributed by atoms with van der Waals surface area (Å²) in [5.74, 6) is 0.237. The van der Waals surface area contributed by atoms with Gasteiger partial charge in [0, 0.05) is 14.2 Å². The largest absolute Gasteiger partial charge is 0.493 e. The molecule has 0 heterocycles. The van der Waals surface area contributed by atoms with E-state index >= 15 is 0 Å². The molecule has 0 aliphatic rings. The minimum absolute atomic E-state index is 0.187. The second kappa shape index (κ2) is 5.67. The second-order valence-corrected chi connectivity index (χ2v) is 3.00. The van der Waals surface area contributed by atoms with Crippen molar-refractivity contribution in [1.82, 2.24) is 0 Å². The van der Waals surface area contributed by atoms with Gasteiger partial charge in [0.05, 0.1) is 19.8 Å². The third kappa shape index (κ3) is 2.25. The van der Waals surface area contributed by atoms with Crippen LogP contribution in [0.15, 0.2) is 12.1 Å². The number of ether oxygens (including phenoxy) is 4. The lowest BCUT2D eigenvalue weighted by Crippen LogP contribution is -2.09. The summed E-state index contributed by atoms with van der Waals surface area (Å²) in [6.45, 7) is 0. The minimum Gasteiger partial charge on any atom is -0.493 e. The van der Waals surface area contributed by atoms with E-state index < -0.39 is 12.1 Å². The molecule has 0 spiro atoms. The zero-order valence-electron chi connectivity index (χ0n) is 9.74. The Bertz CT molecular complexity index is 350. The zero-order chi connectivity index (χ0) is 12.1. The van der Waals surface area contributed by atoms with Gasteiger partial charge in [0.25, 0.3) is 0 Å². The van der Waals surface area contributed by atoms with Crippen molar-refractivity contribution in [2.75, 3.05) is 28.4 Å². The van der Waals surface area contributed by atoms with Gasteiger partial charge in [-0.25, -0.2) is 4.39 Å². The maximum atomic E-state index is 13.7. The maximum absolute atomic E-state index is 13.7. The van der Waals surface area contributed by atoms with E-state index in [1.54, 1.807) is 0 Å². The first-order valence-electron chi connectivity index (χ1n) is 4.65. The molecular formula is C11H15FO4. The SMILES string of the molecule is COc1ccc(F)c(C(OC)OC)c1OC. The molecule has 0 aromatic heterocycles. The third-order valence-corrected chi connectivity index (χ3v) is 2.19. The Morgan fingerprint density at radius 2 is 1.62 bits per heavy atom. The average molecular weight is 230 g/mol. The molecular weight excluding hydrogens is 215 g/mol. The normalized spacial score (nSPS) is 10.6. The van der Waals surface area contributed by atoms with Crippen LogP contribution in [0.3, 0.4) is 0 Å². The van der Waals surface area contributed by atoms with Crippen LogP contribution in [0.5, 0.6) is 11.5 Å². The van der Waals surface area contributed by atoms with E-state index in [9.17, 15) is 4.39 Å².